The Labute approximate surface area is 101 Å². The maximum atomic E-state index is 5.76. The van der Waals surface area contributed by atoms with Crippen molar-refractivity contribution >= 4 is 0 Å². The Kier molecular flexibility index (Phi) is 3.94. The fourth-order valence-corrected chi connectivity index (χ4v) is 1.67. The molecule has 1 aromatic heterocycles. The number of nitrogens with zero attached hydrogens (tertiary/aromatic N) is 1. The van der Waals surface area contributed by atoms with Gasteiger partial charge in [0.05, 0.1) is 12.3 Å². The molecule has 0 radical (unpaired) electrons. The summed E-state index contributed by atoms with van der Waals surface area (Å²) in [5, 5.41) is 0. The van der Waals surface area contributed by atoms with E-state index in [-0.39, 0.29) is 0 Å². The number of hydrogen-bond donors (Lipinski definition) is 0. The van der Waals surface area contributed by atoms with Gasteiger partial charge in [-0.1, -0.05) is 18.2 Å². The van der Waals surface area contributed by atoms with Crippen LogP contribution in [0.4, 0.5) is 0 Å². The molecule has 0 aliphatic heterocycles. The van der Waals surface area contributed by atoms with Gasteiger partial charge in [0.2, 0.25) is 5.89 Å². The van der Waals surface area contributed by atoms with Gasteiger partial charge in [0.15, 0.2) is 0 Å². The molecule has 3 heteroatoms. The molecule has 0 saturated heterocycles. The Balaban J connectivity index is 2.13. The van der Waals surface area contributed by atoms with E-state index < -0.39 is 0 Å². The molecule has 0 bridgehead atoms. The largest absolute Gasteiger partial charge is 0.441 e. The Morgan fingerprint density at radius 1 is 1.24 bits per heavy atom. The Morgan fingerprint density at radius 2 is 2.00 bits per heavy atom. The molecule has 90 valence electrons. The molecule has 1 heterocycles. The van der Waals surface area contributed by atoms with Gasteiger partial charge in [-0.05, 0) is 26.0 Å². The smallest absolute Gasteiger partial charge is 0.226 e. The van der Waals surface area contributed by atoms with E-state index in [9.17, 15) is 0 Å². The van der Waals surface area contributed by atoms with Gasteiger partial charge in [-0.3, -0.25) is 0 Å². The number of hydrogen-bond acceptors (Lipinski definition) is 3. The van der Waals surface area contributed by atoms with Crippen molar-refractivity contribution in [3.05, 3.63) is 41.8 Å². The number of oxazole rings is 1. The molecule has 0 amide bonds. The monoisotopic (exact) mass is 231 g/mol. The van der Waals surface area contributed by atoms with Crippen molar-refractivity contribution in [3.63, 3.8) is 0 Å². The van der Waals surface area contributed by atoms with Crippen molar-refractivity contribution in [2.45, 2.75) is 20.3 Å². The minimum absolute atomic E-state index is 0.681. The first-order valence-electron chi connectivity index (χ1n) is 5.90. The molecular formula is C14H17NO2. The standard InChI is InChI=1S/C14H17NO2/c1-3-16-10-9-13-11(2)15-14(17-13)12-7-5-4-6-8-12/h4-8H,3,9-10H2,1-2H3. The predicted octanol–water partition coefficient (Wildman–Crippen LogP) is 3.23. The summed E-state index contributed by atoms with van der Waals surface area (Å²) in [6.45, 7) is 5.37. The zero-order valence-electron chi connectivity index (χ0n) is 10.3. The number of ether oxygens (including phenoxy) is 1. The molecule has 0 fully saturated rings. The normalized spacial score (nSPS) is 10.7. The van der Waals surface area contributed by atoms with E-state index in [2.05, 4.69) is 4.98 Å². The fraction of sp³-hybridized carbons (Fsp3) is 0.357. The van der Waals surface area contributed by atoms with E-state index in [1.807, 2.05) is 44.2 Å². The molecule has 3 nitrogen and oxygen atoms in total. The first-order chi connectivity index (χ1) is 8.31. The second kappa shape index (κ2) is 5.64. The van der Waals surface area contributed by atoms with Crippen molar-refractivity contribution < 1.29 is 9.15 Å². The van der Waals surface area contributed by atoms with Crippen molar-refractivity contribution in [2.75, 3.05) is 13.2 Å². The quantitative estimate of drug-likeness (QED) is 0.741. The molecular weight excluding hydrogens is 214 g/mol. The van der Waals surface area contributed by atoms with Gasteiger partial charge in [0.1, 0.15) is 5.76 Å². The van der Waals surface area contributed by atoms with Crippen molar-refractivity contribution in [2.24, 2.45) is 0 Å². The van der Waals surface area contributed by atoms with Crippen LogP contribution in [-0.4, -0.2) is 18.2 Å². The zero-order chi connectivity index (χ0) is 12.1. The molecule has 0 unspecified atom stereocenters. The van der Waals surface area contributed by atoms with E-state index in [1.165, 1.54) is 0 Å². The van der Waals surface area contributed by atoms with Gasteiger partial charge in [-0.2, -0.15) is 0 Å². The van der Waals surface area contributed by atoms with Crippen molar-refractivity contribution in [3.8, 4) is 11.5 Å². The first kappa shape index (κ1) is 11.9. The van der Waals surface area contributed by atoms with Crippen LogP contribution in [0.25, 0.3) is 11.5 Å². The van der Waals surface area contributed by atoms with E-state index in [0.717, 1.165) is 30.0 Å². The summed E-state index contributed by atoms with van der Waals surface area (Å²) in [5.41, 5.74) is 1.96. The topological polar surface area (TPSA) is 35.3 Å². The summed E-state index contributed by atoms with van der Waals surface area (Å²) in [6, 6.07) is 9.94. The average Bonchev–Trinajstić information content (AvgIpc) is 2.73. The number of benzene rings is 1. The second-order valence-corrected chi connectivity index (χ2v) is 3.84. The highest BCUT2D eigenvalue weighted by molar-refractivity contribution is 5.53. The van der Waals surface area contributed by atoms with Crippen LogP contribution in [0.15, 0.2) is 34.7 Å². The third kappa shape index (κ3) is 2.94. The van der Waals surface area contributed by atoms with Gasteiger partial charge in [0.25, 0.3) is 0 Å². The summed E-state index contributed by atoms with van der Waals surface area (Å²) in [6.07, 6.45) is 0.777. The van der Waals surface area contributed by atoms with Crippen molar-refractivity contribution in [1.82, 2.24) is 4.98 Å². The molecule has 0 aliphatic rings. The lowest BCUT2D eigenvalue weighted by Gasteiger charge is -1.98. The van der Waals surface area contributed by atoms with Crippen LogP contribution in [0.5, 0.6) is 0 Å². The molecule has 0 atom stereocenters. The van der Waals surface area contributed by atoms with Gasteiger partial charge >= 0.3 is 0 Å². The van der Waals surface area contributed by atoms with Crippen LogP contribution in [0, 0.1) is 6.92 Å². The van der Waals surface area contributed by atoms with Crippen LogP contribution in [0.2, 0.25) is 0 Å². The molecule has 0 N–H and O–H groups in total. The lowest BCUT2D eigenvalue weighted by Crippen LogP contribution is -1.97. The lowest BCUT2D eigenvalue weighted by atomic mass is 10.2. The lowest BCUT2D eigenvalue weighted by molar-refractivity contribution is 0.147. The van der Waals surface area contributed by atoms with Gasteiger partial charge in [-0.15, -0.1) is 0 Å². The highest BCUT2D eigenvalue weighted by atomic mass is 16.5. The number of rotatable bonds is 5. The molecule has 2 rings (SSSR count). The van der Waals surface area contributed by atoms with E-state index in [4.69, 9.17) is 9.15 Å². The summed E-state index contributed by atoms with van der Waals surface area (Å²) in [7, 11) is 0. The third-order valence-electron chi connectivity index (χ3n) is 2.59. The third-order valence-corrected chi connectivity index (χ3v) is 2.59. The molecule has 1 aromatic carbocycles. The fourth-order valence-electron chi connectivity index (χ4n) is 1.67. The summed E-state index contributed by atoms with van der Waals surface area (Å²) < 4.78 is 11.1. The van der Waals surface area contributed by atoms with E-state index in [0.29, 0.717) is 12.5 Å². The van der Waals surface area contributed by atoms with E-state index >= 15 is 0 Å². The zero-order valence-corrected chi connectivity index (χ0v) is 10.3. The van der Waals surface area contributed by atoms with Crippen LogP contribution in [0.1, 0.15) is 18.4 Å². The van der Waals surface area contributed by atoms with Gasteiger partial charge in [-0.25, -0.2) is 4.98 Å². The minimum Gasteiger partial charge on any atom is -0.441 e. The maximum absolute atomic E-state index is 5.76. The number of aromatic nitrogens is 1. The Hall–Kier alpha value is -1.61. The average molecular weight is 231 g/mol. The second-order valence-electron chi connectivity index (χ2n) is 3.84. The van der Waals surface area contributed by atoms with Crippen LogP contribution in [0.3, 0.4) is 0 Å². The molecule has 17 heavy (non-hydrogen) atoms. The minimum atomic E-state index is 0.681. The summed E-state index contributed by atoms with van der Waals surface area (Å²) >= 11 is 0. The molecule has 0 spiro atoms. The Morgan fingerprint density at radius 3 is 2.71 bits per heavy atom. The van der Waals surface area contributed by atoms with E-state index in [1.54, 1.807) is 0 Å². The highest BCUT2D eigenvalue weighted by Crippen LogP contribution is 2.21. The molecule has 0 saturated carbocycles. The predicted molar refractivity (Wildman–Crippen MR) is 66.9 cm³/mol. The SMILES string of the molecule is CCOCCc1oc(-c2ccccc2)nc1C. The number of aryl methyl sites for hydroxylation is 1. The summed E-state index contributed by atoms with van der Waals surface area (Å²) in [5.74, 6) is 1.60. The maximum Gasteiger partial charge on any atom is 0.226 e. The summed E-state index contributed by atoms with van der Waals surface area (Å²) in [4.78, 5) is 4.44. The van der Waals surface area contributed by atoms with Crippen LogP contribution < -0.4 is 0 Å². The van der Waals surface area contributed by atoms with Crippen LogP contribution >= 0.6 is 0 Å². The highest BCUT2D eigenvalue weighted by Gasteiger charge is 2.10. The van der Waals surface area contributed by atoms with Crippen LogP contribution in [-0.2, 0) is 11.2 Å². The first-order valence-corrected chi connectivity index (χ1v) is 5.90. The van der Waals surface area contributed by atoms with Crippen molar-refractivity contribution in [1.29, 1.82) is 0 Å². The Bertz CT molecular complexity index is 462. The molecule has 2 aromatic rings. The van der Waals surface area contributed by atoms with Gasteiger partial charge < -0.3 is 9.15 Å². The molecule has 0 aliphatic carbocycles. The van der Waals surface area contributed by atoms with Gasteiger partial charge in [0, 0.05) is 18.6 Å².